The summed E-state index contributed by atoms with van der Waals surface area (Å²) in [6.07, 6.45) is 7.34. The van der Waals surface area contributed by atoms with Gasteiger partial charge in [-0.25, -0.2) is 9.97 Å². The normalized spacial score (nSPS) is 11.9. The maximum atomic E-state index is 5.24. The van der Waals surface area contributed by atoms with Crippen LogP contribution in [0.25, 0.3) is 89.6 Å². The van der Waals surface area contributed by atoms with E-state index in [9.17, 15) is 0 Å². The maximum Gasteiger partial charge on any atom is 0.145 e. The zero-order chi connectivity index (χ0) is 40.3. The number of benzene rings is 6. The van der Waals surface area contributed by atoms with E-state index in [0.29, 0.717) is 0 Å². The molecule has 0 spiro atoms. The Kier molecular flexibility index (Phi) is 8.03. The van der Waals surface area contributed by atoms with Crippen LogP contribution in [0.4, 0.5) is 17.1 Å². The summed E-state index contributed by atoms with van der Waals surface area (Å²) in [4.78, 5) is 21.8. The Morgan fingerprint density at radius 1 is 0.393 bits per heavy atom. The van der Waals surface area contributed by atoms with Crippen molar-refractivity contribution in [1.82, 2.24) is 29.1 Å². The standard InChI is InChI=1S/C54H35N7/c1-2-18-39(19-3-1)61-51-28-11-7-24-45(51)58-54(61)36-15-12-20-40(31-36)59-48-25-8-4-21-42(48)52-43-22-5-9-26-49(43)60(53(52)44-23-6-10-27-50(44)59)41-32-46(37-16-13-29-55-34-37)57-47(33-41)38-17-14-30-56-35-38/h1-35H. The fraction of sp³-hybridized carbons (Fsp3) is 0. The molecule has 11 aromatic rings. The van der Waals surface area contributed by atoms with Gasteiger partial charge in [0, 0.05) is 74.9 Å². The fourth-order valence-corrected chi connectivity index (χ4v) is 9.00. The summed E-state index contributed by atoms with van der Waals surface area (Å²) in [5.41, 5.74) is 17.5. The van der Waals surface area contributed by atoms with Gasteiger partial charge in [-0.2, -0.15) is 0 Å². The molecule has 12 rings (SSSR count). The van der Waals surface area contributed by atoms with E-state index in [1.165, 1.54) is 5.56 Å². The van der Waals surface area contributed by atoms with Crippen molar-refractivity contribution in [1.29, 1.82) is 0 Å². The van der Waals surface area contributed by atoms with Gasteiger partial charge in [0.15, 0.2) is 0 Å². The molecule has 0 radical (unpaired) electrons. The number of nitrogens with zero attached hydrogens (tertiary/aromatic N) is 7. The van der Waals surface area contributed by atoms with Crippen molar-refractivity contribution in [2.45, 2.75) is 0 Å². The van der Waals surface area contributed by atoms with Gasteiger partial charge in [0.25, 0.3) is 0 Å². The number of imidazole rings is 1. The van der Waals surface area contributed by atoms with Gasteiger partial charge in [0.1, 0.15) is 5.82 Å². The highest BCUT2D eigenvalue weighted by Crippen LogP contribution is 2.54. The third-order valence-corrected chi connectivity index (χ3v) is 11.6. The van der Waals surface area contributed by atoms with E-state index in [-0.39, 0.29) is 0 Å². The minimum atomic E-state index is 0.832. The number of aromatic nitrogens is 6. The van der Waals surface area contributed by atoms with Crippen molar-refractivity contribution >= 4 is 39.0 Å². The molecule has 0 unspecified atom stereocenters. The molecule has 0 aliphatic carbocycles. The van der Waals surface area contributed by atoms with Crippen LogP contribution in [0.3, 0.4) is 0 Å². The number of rotatable bonds is 6. The monoisotopic (exact) mass is 781 g/mol. The first-order valence-electron chi connectivity index (χ1n) is 20.4. The van der Waals surface area contributed by atoms with Crippen LogP contribution >= 0.6 is 0 Å². The Hall–Kier alpha value is -8.42. The second-order valence-electron chi connectivity index (χ2n) is 15.2. The van der Waals surface area contributed by atoms with Crippen molar-refractivity contribution in [2.24, 2.45) is 0 Å². The second-order valence-corrected chi connectivity index (χ2v) is 15.2. The molecule has 1 aliphatic rings. The number of hydrogen-bond acceptors (Lipinski definition) is 5. The predicted octanol–water partition coefficient (Wildman–Crippen LogP) is 13.3. The van der Waals surface area contributed by atoms with Crippen LogP contribution < -0.4 is 4.90 Å². The van der Waals surface area contributed by atoms with Crippen LogP contribution in [0.5, 0.6) is 0 Å². The lowest BCUT2D eigenvalue weighted by Crippen LogP contribution is -2.11. The summed E-state index contributed by atoms with van der Waals surface area (Å²) in [5, 5.41) is 1.16. The Balaban J connectivity index is 1.12. The summed E-state index contributed by atoms with van der Waals surface area (Å²) in [6, 6.07) is 66.4. The van der Waals surface area contributed by atoms with Gasteiger partial charge in [-0.3, -0.25) is 14.5 Å². The van der Waals surface area contributed by atoms with Crippen molar-refractivity contribution in [3.05, 3.63) is 213 Å². The summed E-state index contributed by atoms with van der Waals surface area (Å²) < 4.78 is 4.68. The zero-order valence-electron chi connectivity index (χ0n) is 32.8. The molecule has 0 fully saturated rings. The van der Waals surface area contributed by atoms with E-state index >= 15 is 0 Å². The Bertz CT molecular complexity index is 3370. The van der Waals surface area contributed by atoms with E-state index in [1.807, 2.05) is 24.5 Å². The zero-order valence-corrected chi connectivity index (χ0v) is 32.8. The second kappa shape index (κ2) is 14.1. The van der Waals surface area contributed by atoms with Crippen LogP contribution in [0.2, 0.25) is 0 Å². The molecule has 0 saturated carbocycles. The molecule has 6 heterocycles. The van der Waals surface area contributed by atoms with Crippen molar-refractivity contribution < 1.29 is 0 Å². The highest BCUT2D eigenvalue weighted by Gasteiger charge is 2.32. The molecule has 0 N–H and O–H groups in total. The molecule has 1 aliphatic heterocycles. The van der Waals surface area contributed by atoms with E-state index < -0.39 is 0 Å². The number of fused-ring (bicyclic) bond motifs is 8. The topological polar surface area (TPSA) is 64.7 Å². The van der Waals surface area contributed by atoms with Gasteiger partial charge < -0.3 is 9.47 Å². The van der Waals surface area contributed by atoms with Gasteiger partial charge >= 0.3 is 0 Å². The van der Waals surface area contributed by atoms with Gasteiger partial charge in [0.05, 0.1) is 50.7 Å². The van der Waals surface area contributed by atoms with Gasteiger partial charge in [-0.1, -0.05) is 97.1 Å². The van der Waals surface area contributed by atoms with Crippen molar-refractivity contribution in [3.8, 4) is 67.7 Å². The third kappa shape index (κ3) is 5.67. The molecule has 0 amide bonds. The fourth-order valence-electron chi connectivity index (χ4n) is 9.00. The molecule has 0 bridgehead atoms. The lowest BCUT2D eigenvalue weighted by molar-refractivity contribution is 1.10. The Morgan fingerprint density at radius 2 is 1.00 bits per heavy atom. The molecule has 61 heavy (non-hydrogen) atoms. The maximum absolute atomic E-state index is 5.24. The molecule has 5 aromatic heterocycles. The quantitative estimate of drug-likeness (QED) is 0.168. The first-order chi connectivity index (χ1) is 30.3. The first-order valence-corrected chi connectivity index (χ1v) is 20.4. The van der Waals surface area contributed by atoms with Crippen LogP contribution in [-0.2, 0) is 0 Å². The summed E-state index contributed by atoms with van der Waals surface area (Å²) >= 11 is 0. The highest BCUT2D eigenvalue weighted by molar-refractivity contribution is 6.13. The molecule has 6 aromatic carbocycles. The van der Waals surface area contributed by atoms with Crippen LogP contribution in [0.1, 0.15) is 0 Å². The first kappa shape index (κ1) is 34.6. The predicted molar refractivity (Wildman–Crippen MR) is 247 cm³/mol. The number of hydrogen-bond donors (Lipinski definition) is 0. The van der Waals surface area contributed by atoms with E-state index in [0.717, 1.165) is 101 Å². The van der Waals surface area contributed by atoms with Crippen LogP contribution in [0.15, 0.2) is 213 Å². The molecular formula is C54H35N7. The number of para-hydroxylation sites is 6. The summed E-state index contributed by atoms with van der Waals surface area (Å²) in [7, 11) is 0. The van der Waals surface area contributed by atoms with E-state index in [1.54, 1.807) is 12.4 Å². The van der Waals surface area contributed by atoms with Crippen LogP contribution in [0, 0.1) is 0 Å². The lowest BCUT2D eigenvalue weighted by atomic mass is 9.98. The van der Waals surface area contributed by atoms with Gasteiger partial charge in [-0.15, -0.1) is 0 Å². The van der Waals surface area contributed by atoms with Crippen LogP contribution in [-0.4, -0.2) is 29.1 Å². The molecule has 0 atom stereocenters. The Morgan fingerprint density at radius 3 is 1.74 bits per heavy atom. The van der Waals surface area contributed by atoms with Gasteiger partial charge in [0.2, 0.25) is 0 Å². The molecule has 0 saturated heterocycles. The Labute approximate surface area is 352 Å². The molecule has 286 valence electrons. The molecular weight excluding hydrogens is 747 g/mol. The highest BCUT2D eigenvalue weighted by atomic mass is 15.2. The number of pyridine rings is 3. The van der Waals surface area contributed by atoms with Crippen molar-refractivity contribution in [2.75, 3.05) is 4.90 Å². The average Bonchev–Trinajstić information content (AvgIpc) is 3.86. The van der Waals surface area contributed by atoms with Gasteiger partial charge in [-0.05, 0) is 91.0 Å². The largest absolute Gasteiger partial charge is 0.309 e. The molecule has 7 nitrogen and oxygen atoms in total. The molecule has 7 heteroatoms. The lowest BCUT2D eigenvalue weighted by Gasteiger charge is -2.28. The van der Waals surface area contributed by atoms with Crippen molar-refractivity contribution in [3.63, 3.8) is 0 Å². The third-order valence-electron chi connectivity index (χ3n) is 11.6. The summed E-state index contributed by atoms with van der Waals surface area (Å²) in [6.45, 7) is 0. The summed E-state index contributed by atoms with van der Waals surface area (Å²) in [5.74, 6) is 0.887. The smallest absolute Gasteiger partial charge is 0.145 e. The number of anilines is 3. The minimum Gasteiger partial charge on any atom is -0.309 e. The SMILES string of the molecule is c1ccc(-n2c(-c3cccc(N4c5ccccc5-c5c(n(-c6cc(-c7cccnc7)nc(-c7cccnc7)c6)c6ccccc56)-c5ccccc54)c3)nc3ccccc32)cc1. The average molecular weight is 782 g/mol. The minimum absolute atomic E-state index is 0.832. The van der Waals surface area contributed by atoms with E-state index in [4.69, 9.17) is 9.97 Å². The van der Waals surface area contributed by atoms with E-state index in [2.05, 4.69) is 200 Å².